The number of carbonyl (C=O) groups excluding carboxylic acids is 1. The third kappa shape index (κ3) is 4.91. The SMILES string of the molecule is CC[C@@H]1CN(CC(=O)NC(C2CC2)C2CC2)CCN1C[C@@H](C)O. The first-order chi connectivity index (χ1) is 11.1. The quantitative estimate of drug-likeness (QED) is 0.701. The van der Waals surface area contributed by atoms with Gasteiger partial charge in [-0.3, -0.25) is 14.6 Å². The maximum Gasteiger partial charge on any atom is 0.234 e. The van der Waals surface area contributed by atoms with Gasteiger partial charge in [0.05, 0.1) is 12.6 Å². The molecule has 2 saturated carbocycles. The lowest BCUT2D eigenvalue weighted by Gasteiger charge is -2.41. The summed E-state index contributed by atoms with van der Waals surface area (Å²) in [6, 6.07) is 0.912. The fraction of sp³-hybridized carbons (Fsp3) is 0.944. The minimum atomic E-state index is -0.281. The molecule has 0 spiro atoms. The van der Waals surface area contributed by atoms with E-state index in [1.165, 1.54) is 25.7 Å². The second-order valence-corrected chi connectivity index (χ2v) is 7.91. The fourth-order valence-electron chi connectivity index (χ4n) is 4.03. The highest BCUT2D eigenvalue weighted by atomic mass is 16.3. The number of aliphatic hydroxyl groups excluding tert-OH is 1. The van der Waals surface area contributed by atoms with E-state index in [2.05, 4.69) is 22.0 Å². The Balaban J connectivity index is 1.45. The van der Waals surface area contributed by atoms with E-state index in [0.717, 1.165) is 44.4 Å². The number of hydrogen-bond donors (Lipinski definition) is 2. The van der Waals surface area contributed by atoms with Crippen molar-refractivity contribution in [3.8, 4) is 0 Å². The van der Waals surface area contributed by atoms with E-state index in [1.807, 2.05) is 6.92 Å². The zero-order chi connectivity index (χ0) is 16.4. The highest BCUT2D eigenvalue weighted by Gasteiger charge is 2.42. The van der Waals surface area contributed by atoms with Crippen molar-refractivity contribution in [2.45, 2.75) is 64.1 Å². The minimum Gasteiger partial charge on any atom is -0.392 e. The molecule has 1 aliphatic heterocycles. The molecule has 1 saturated heterocycles. The second kappa shape index (κ2) is 7.49. The van der Waals surface area contributed by atoms with Crippen LogP contribution in [0.3, 0.4) is 0 Å². The van der Waals surface area contributed by atoms with E-state index in [9.17, 15) is 9.90 Å². The van der Waals surface area contributed by atoms with Crippen molar-refractivity contribution in [3.63, 3.8) is 0 Å². The molecule has 3 fully saturated rings. The van der Waals surface area contributed by atoms with Crippen LogP contribution in [0.25, 0.3) is 0 Å². The fourth-order valence-corrected chi connectivity index (χ4v) is 4.03. The van der Waals surface area contributed by atoms with Gasteiger partial charge in [-0.1, -0.05) is 6.92 Å². The number of nitrogens with zero attached hydrogens (tertiary/aromatic N) is 2. The van der Waals surface area contributed by atoms with Crippen LogP contribution in [-0.4, -0.2) is 71.7 Å². The summed E-state index contributed by atoms with van der Waals surface area (Å²) in [5.41, 5.74) is 0. The molecule has 0 radical (unpaired) electrons. The molecule has 0 aromatic rings. The molecule has 5 heteroatoms. The Hall–Kier alpha value is -0.650. The zero-order valence-corrected chi connectivity index (χ0v) is 14.7. The van der Waals surface area contributed by atoms with Crippen molar-refractivity contribution in [1.82, 2.24) is 15.1 Å². The van der Waals surface area contributed by atoms with Gasteiger partial charge in [-0.2, -0.15) is 0 Å². The summed E-state index contributed by atoms with van der Waals surface area (Å²) in [6.07, 6.45) is 6.00. The number of carbonyl (C=O) groups is 1. The number of amides is 1. The van der Waals surface area contributed by atoms with Crippen molar-refractivity contribution in [2.24, 2.45) is 11.8 Å². The molecular weight excluding hydrogens is 290 g/mol. The van der Waals surface area contributed by atoms with E-state index in [4.69, 9.17) is 0 Å². The van der Waals surface area contributed by atoms with Gasteiger partial charge < -0.3 is 10.4 Å². The molecule has 2 atom stereocenters. The van der Waals surface area contributed by atoms with E-state index < -0.39 is 0 Å². The standard InChI is InChI=1S/C18H33N3O2/c1-3-16-11-20(8-9-21(16)10-13(2)22)12-17(23)19-18(14-4-5-14)15-6-7-15/h13-16,18,22H,3-12H2,1-2H3,(H,19,23)/t13-,16-/m1/s1. The molecule has 2 N–H and O–H groups in total. The normalized spacial score (nSPS) is 28.1. The predicted molar refractivity (Wildman–Crippen MR) is 91.2 cm³/mol. The van der Waals surface area contributed by atoms with Gasteiger partial charge in [-0.25, -0.2) is 0 Å². The summed E-state index contributed by atoms with van der Waals surface area (Å²) < 4.78 is 0. The lowest BCUT2D eigenvalue weighted by Crippen LogP contribution is -2.56. The molecule has 0 unspecified atom stereocenters. The van der Waals surface area contributed by atoms with Crippen LogP contribution >= 0.6 is 0 Å². The van der Waals surface area contributed by atoms with E-state index in [1.54, 1.807) is 0 Å². The van der Waals surface area contributed by atoms with Crippen LogP contribution in [-0.2, 0) is 4.79 Å². The smallest absolute Gasteiger partial charge is 0.234 e. The summed E-state index contributed by atoms with van der Waals surface area (Å²) in [5, 5.41) is 13.0. The Bertz CT molecular complexity index is 395. The van der Waals surface area contributed by atoms with E-state index in [0.29, 0.717) is 18.6 Å². The predicted octanol–water partition coefficient (Wildman–Crippen LogP) is 1.07. The Morgan fingerprint density at radius 3 is 2.39 bits per heavy atom. The third-order valence-corrected chi connectivity index (χ3v) is 5.61. The summed E-state index contributed by atoms with van der Waals surface area (Å²) in [7, 11) is 0. The highest BCUT2D eigenvalue weighted by molar-refractivity contribution is 5.78. The van der Waals surface area contributed by atoms with Gasteiger partial charge >= 0.3 is 0 Å². The number of rotatable bonds is 8. The maximum atomic E-state index is 12.4. The van der Waals surface area contributed by atoms with Gasteiger partial charge in [0.2, 0.25) is 5.91 Å². The Morgan fingerprint density at radius 2 is 1.87 bits per heavy atom. The van der Waals surface area contributed by atoms with Crippen molar-refractivity contribution >= 4 is 5.91 Å². The summed E-state index contributed by atoms with van der Waals surface area (Å²) in [4.78, 5) is 17.1. The van der Waals surface area contributed by atoms with Crippen LogP contribution in [0.2, 0.25) is 0 Å². The van der Waals surface area contributed by atoms with Crippen LogP contribution < -0.4 is 5.32 Å². The molecule has 1 amide bonds. The topological polar surface area (TPSA) is 55.8 Å². The van der Waals surface area contributed by atoms with Crippen LogP contribution in [0.15, 0.2) is 0 Å². The lowest BCUT2D eigenvalue weighted by molar-refractivity contribution is -0.124. The molecule has 3 aliphatic rings. The van der Waals surface area contributed by atoms with Crippen molar-refractivity contribution in [2.75, 3.05) is 32.7 Å². The molecular formula is C18H33N3O2. The molecule has 1 heterocycles. The first-order valence-corrected chi connectivity index (χ1v) is 9.50. The maximum absolute atomic E-state index is 12.4. The monoisotopic (exact) mass is 323 g/mol. The largest absolute Gasteiger partial charge is 0.392 e. The summed E-state index contributed by atoms with van der Waals surface area (Å²) in [5.74, 6) is 1.74. The summed E-state index contributed by atoms with van der Waals surface area (Å²) in [6.45, 7) is 8.13. The molecule has 5 nitrogen and oxygen atoms in total. The molecule has 3 rings (SSSR count). The van der Waals surface area contributed by atoms with Gasteiger partial charge in [-0.05, 0) is 50.9 Å². The van der Waals surface area contributed by atoms with Gasteiger partial charge in [0.15, 0.2) is 0 Å². The number of β-amino-alcohol motifs (C(OH)–C–C–N with tert-alkyl or cyclic N) is 1. The molecule has 0 aromatic heterocycles. The average molecular weight is 323 g/mol. The summed E-state index contributed by atoms with van der Waals surface area (Å²) >= 11 is 0. The van der Waals surface area contributed by atoms with Gasteiger partial charge in [0, 0.05) is 38.3 Å². The van der Waals surface area contributed by atoms with Crippen LogP contribution in [0.5, 0.6) is 0 Å². The molecule has 0 bridgehead atoms. The van der Waals surface area contributed by atoms with Crippen LogP contribution in [0.4, 0.5) is 0 Å². The number of hydrogen-bond acceptors (Lipinski definition) is 4. The van der Waals surface area contributed by atoms with Gasteiger partial charge in [0.1, 0.15) is 0 Å². The Morgan fingerprint density at radius 1 is 1.22 bits per heavy atom. The number of piperazine rings is 1. The first kappa shape index (κ1) is 17.2. The second-order valence-electron chi connectivity index (χ2n) is 7.91. The van der Waals surface area contributed by atoms with Crippen LogP contribution in [0.1, 0.15) is 46.0 Å². The van der Waals surface area contributed by atoms with Crippen molar-refractivity contribution in [1.29, 1.82) is 0 Å². The Kier molecular flexibility index (Phi) is 5.60. The Labute approximate surface area is 140 Å². The average Bonchev–Trinajstić information content (AvgIpc) is 3.38. The molecule has 0 aromatic carbocycles. The zero-order valence-electron chi connectivity index (χ0n) is 14.7. The highest BCUT2D eigenvalue weighted by Crippen LogP contribution is 2.44. The molecule has 132 valence electrons. The minimum absolute atomic E-state index is 0.215. The van der Waals surface area contributed by atoms with Crippen molar-refractivity contribution < 1.29 is 9.90 Å². The number of nitrogens with one attached hydrogen (secondary N) is 1. The van der Waals surface area contributed by atoms with Crippen LogP contribution in [0, 0.1) is 11.8 Å². The molecule has 2 aliphatic carbocycles. The first-order valence-electron chi connectivity index (χ1n) is 9.50. The molecule has 23 heavy (non-hydrogen) atoms. The van der Waals surface area contributed by atoms with E-state index >= 15 is 0 Å². The number of aliphatic hydroxyl groups is 1. The third-order valence-electron chi connectivity index (χ3n) is 5.61. The lowest BCUT2D eigenvalue weighted by atomic mass is 10.1. The van der Waals surface area contributed by atoms with Crippen molar-refractivity contribution in [3.05, 3.63) is 0 Å². The van der Waals surface area contributed by atoms with E-state index in [-0.39, 0.29) is 12.0 Å². The van der Waals surface area contributed by atoms with Gasteiger partial charge in [0.25, 0.3) is 0 Å². The van der Waals surface area contributed by atoms with Gasteiger partial charge in [-0.15, -0.1) is 0 Å².